The van der Waals surface area contributed by atoms with Crippen LogP contribution >= 0.6 is 11.3 Å². The Morgan fingerprint density at radius 2 is 2.00 bits per heavy atom. The van der Waals surface area contributed by atoms with Crippen LogP contribution in [-0.4, -0.2) is 29.8 Å². The third kappa shape index (κ3) is 4.51. The van der Waals surface area contributed by atoms with E-state index < -0.39 is 17.7 Å². The van der Waals surface area contributed by atoms with Gasteiger partial charge in [0.25, 0.3) is 0 Å². The van der Waals surface area contributed by atoms with E-state index in [9.17, 15) is 9.59 Å². The molecule has 7 heteroatoms. The maximum absolute atomic E-state index is 11.6. The Hall–Kier alpha value is -1.63. The zero-order valence-corrected chi connectivity index (χ0v) is 12.5. The van der Waals surface area contributed by atoms with Gasteiger partial charge in [-0.25, -0.2) is 14.6 Å². The molecule has 106 valence electrons. The van der Waals surface area contributed by atoms with Gasteiger partial charge in [0.15, 0.2) is 10.8 Å². The van der Waals surface area contributed by atoms with E-state index in [1.54, 1.807) is 20.8 Å². The second kappa shape index (κ2) is 6.01. The summed E-state index contributed by atoms with van der Waals surface area (Å²) in [5.41, 5.74) is -0.346. The van der Waals surface area contributed by atoms with Gasteiger partial charge in [-0.3, -0.25) is 5.32 Å². The molecule has 0 unspecified atom stereocenters. The minimum atomic E-state index is -0.597. The number of anilines is 1. The number of hydrogen-bond donors (Lipinski definition) is 1. The van der Waals surface area contributed by atoms with E-state index in [1.807, 2.05) is 6.92 Å². The van der Waals surface area contributed by atoms with Crippen LogP contribution in [0.15, 0.2) is 0 Å². The van der Waals surface area contributed by atoms with Crippen LogP contribution in [0.1, 0.15) is 43.1 Å². The minimum Gasteiger partial charge on any atom is -0.464 e. The number of ether oxygens (including phenoxy) is 2. The summed E-state index contributed by atoms with van der Waals surface area (Å²) in [6.45, 7) is 7.21. The van der Waals surface area contributed by atoms with Crippen molar-refractivity contribution in [3.63, 3.8) is 0 Å². The van der Waals surface area contributed by atoms with Crippen molar-refractivity contribution in [1.29, 1.82) is 0 Å². The highest BCUT2D eigenvalue weighted by Crippen LogP contribution is 2.24. The van der Waals surface area contributed by atoms with Gasteiger partial charge in [-0.15, -0.1) is 11.3 Å². The average molecular weight is 286 g/mol. The van der Waals surface area contributed by atoms with Crippen LogP contribution in [0.25, 0.3) is 0 Å². The number of aryl methyl sites for hydroxylation is 1. The lowest BCUT2D eigenvalue weighted by atomic mass is 10.2. The van der Waals surface area contributed by atoms with Crippen molar-refractivity contribution in [3.05, 3.63) is 10.6 Å². The largest absolute Gasteiger partial charge is 0.464 e. The summed E-state index contributed by atoms with van der Waals surface area (Å²) >= 11 is 1.23. The number of aromatic nitrogens is 1. The molecule has 0 bridgehead atoms. The molecule has 1 amide bonds. The van der Waals surface area contributed by atoms with Crippen LogP contribution in [0.5, 0.6) is 0 Å². The van der Waals surface area contributed by atoms with E-state index in [1.165, 1.54) is 18.4 Å². The predicted molar refractivity (Wildman–Crippen MR) is 72.7 cm³/mol. The lowest BCUT2D eigenvalue weighted by Crippen LogP contribution is -2.27. The first-order valence-corrected chi connectivity index (χ1v) is 6.66. The molecule has 0 aromatic carbocycles. The number of nitrogens with zero attached hydrogens (tertiary/aromatic N) is 1. The molecule has 1 aromatic rings. The normalized spacial score (nSPS) is 11.0. The summed E-state index contributed by atoms with van der Waals surface area (Å²) in [6.07, 6.45) is 0.0401. The Morgan fingerprint density at radius 1 is 1.37 bits per heavy atom. The smallest absolute Gasteiger partial charge is 0.413 e. The summed E-state index contributed by atoms with van der Waals surface area (Å²) in [5, 5.41) is 2.84. The highest BCUT2D eigenvalue weighted by atomic mass is 32.1. The van der Waals surface area contributed by atoms with E-state index in [0.717, 1.165) is 4.88 Å². The molecule has 0 fully saturated rings. The fourth-order valence-corrected chi connectivity index (χ4v) is 2.17. The maximum Gasteiger partial charge on any atom is 0.413 e. The minimum absolute atomic E-state index is 0.237. The molecule has 0 aliphatic rings. The Labute approximate surface area is 116 Å². The number of thiazole rings is 1. The van der Waals surface area contributed by atoms with Crippen LogP contribution in [0.4, 0.5) is 9.93 Å². The zero-order valence-electron chi connectivity index (χ0n) is 11.7. The molecule has 0 atom stereocenters. The molecular formula is C12H18N2O4S. The fourth-order valence-electron chi connectivity index (χ4n) is 1.29. The fraction of sp³-hybridized carbons (Fsp3) is 0.583. The third-order valence-corrected chi connectivity index (χ3v) is 3.12. The van der Waals surface area contributed by atoms with Crippen molar-refractivity contribution >= 4 is 28.5 Å². The molecule has 19 heavy (non-hydrogen) atoms. The SMILES string of the molecule is CCc1sc(NC(=O)OC(C)(C)C)nc1C(=O)OC. The Bertz CT molecular complexity index is 477. The van der Waals surface area contributed by atoms with E-state index >= 15 is 0 Å². The van der Waals surface area contributed by atoms with Crippen molar-refractivity contribution in [2.75, 3.05) is 12.4 Å². The summed E-state index contributed by atoms with van der Waals surface area (Å²) in [4.78, 5) is 27.9. The Morgan fingerprint density at radius 3 is 2.47 bits per heavy atom. The summed E-state index contributed by atoms with van der Waals surface area (Å²) in [5.74, 6) is -0.509. The van der Waals surface area contributed by atoms with Gasteiger partial charge in [0.2, 0.25) is 0 Å². The number of amides is 1. The van der Waals surface area contributed by atoms with Crippen molar-refractivity contribution in [3.8, 4) is 0 Å². The summed E-state index contributed by atoms with van der Waals surface area (Å²) < 4.78 is 9.75. The Kier molecular flexibility index (Phi) is 4.88. The molecule has 0 saturated carbocycles. The topological polar surface area (TPSA) is 77.5 Å². The third-order valence-electron chi connectivity index (χ3n) is 2.01. The number of rotatable bonds is 3. The van der Waals surface area contributed by atoms with Crippen molar-refractivity contribution in [1.82, 2.24) is 4.98 Å². The van der Waals surface area contributed by atoms with Gasteiger partial charge in [0, 0.05) is 4.88 Å². The van der Waals surface area contributed by atoms with Crippen molar-refractivity contribution in [2.24, 2.45) is 0 Å². The first kappa shape index (κ1) is 15.4. The first-order chi connectivity index (χ1) is 8.76. The lowest BCUT2D eigenvalue weighted by Gasteiger charge is -2.18. The molecular weight excluding hydrogens is 268 g/mol. The molecule has 1 heterocycles. The molecule has 0 aliphatic carbocycles. The molecule has 1 aromatic heterocycles. The summed E-state index contributed by atoms with van der Waals surface area (Å²) in [6, 6.07) is 0. The van der Waals surface area contributed by atoms with Crippen LogP contribution in [0, 0.1) is 0 Å². The van der Waals surface area contributed by atoms with E-state index in [0.29, 0.717) is 11.6 Å². The van der Waals surface area contributed by atoms with Crippen LogP contribution in [0.2, 0.25) is 0 Å². The van der Waals surface area contributed by atoms with Gasteiger partial charge in [0.1, 0.15) is 5.60 Å². The maximum atomic E-state index is 11.6. The molecule has 1 rings (SSSR count). The van der Waals surface area contributed by atoms with Gasteiger partial charge in [-0.1, -0.05) is 6.92 Å². The molecule has 0 saturated heterocycles. The van der Waals surface area contributed by atoms with Crippen molar-refractivity contribution in [2.45, 2.75) is 39.7 Å². The second-order valence-corrected chi connectivity index (χ2v) is 5.85. The number of hydrogen-bond acceptors (Lipinski definition) is 6. The van der Waals surface area contributed by atoms with Crippen LogP contribution in [-0.2, 0) is 15.9 Å². The van der Waals surface area contributed by atoms with Crippen LogP contribution in [0.3, 0.4) is 0 Å². The highest BCUT2D eigenvalue weighted by molar-refractivity contribution is 7.16. The highest BCUT2D eigenvalue weighted by Gasteiger charge is 2.21. The molecule has 0 aliphatic heterocycles. The number of carbonyl (C=O) groups is 2. The quantitative estimate of drug-likeness (QED) is 0.864. The van der Waals surface area contributed by atoms with Crippen molar-refractivity contribution < 1.29 is 19.1 Å². The van der Waals surface area contributed by atoms with Gasteiger partial charge < -0.3 is 9.47 Å². The zero-order chi connectivity index (χ0) is 14.6. The molecule has 0 spiro atoms. The van der Waals surface area contributed by atoms with Gasteiger partial charge in [-0.05, 0) is 27.2 Å². The monoisotopic (exact) mass is 286 g/mol. The van der Waals surface area contributed by atoms with E-state index in [2.05, 4.69) is 15.0 Å². The first-order valence-electron chi connectivity index (χ1n) is 5.84. The molecule has 1 N–H and O–H groups in total. The lowest BCUT2D eigenvalue weighted by molar-refractivity contribution is 0.0589. The van der Waals surface area contributed by atoms with Crippen LogP contribution < -0.4 is 5.32 Å². The predicted octanol–water partition coefficient (Wildman–Crippen LogP) is 2.84. The molecule has 6 nitrogen and oxygen atoms in total. The van der Waals surface area contributed by atoms with Gasteiger partial charge in [0.05, 0.1) is 7.11 Å². The van der Waals surface area contributed by atoms with E-state index in [-0.39, 0.29) is 5.69 Å². The Balaban J connectivity index is 2.83. The van der Waals surface area contributed by atoms with Gasteiger partial charge >= 0.3 is 12.1 Å². The summed E-state index contributed by atoms with van der Waals surface area (Å²) in [7, 11) is 1.29. The molecule has 0 radical (unpaired) electrons. The number of nitrogens with one attached hydrogen (secondary N) is 1. The van der Waals surface area contributed by atoms with Gasteiger partial charge in [-0.2, -0.15) is 0 Å². The van der Waals surface area contributed by atoms with E-state index in [4.69, 9.17) is 4.74 Å². The second-order valence-electron chi connectivity index (χ2n) is 4.76. The standard InChI is InChI=1S/C12H18N2O4S/c1-6-7-8(9(15)17-5)13-10(19-7)14-11(16)18-12(2,3)4/h6H2,1-5H3,(H,13,14,16). The number of esters is 1. The average Bonchev–Trinajstić information content (AvgIpc) is 2.68. The number of carbonyl (C=O) groups excluding carboxylic acids is 2. The number of methoxy groups -OCH3 is 1.